The molecule has 1 saturated heterocycles. The molecule has 3 heterocycles. The second-order valence-corrected chi connectivity index (χ2v) is 9.53. The van der Waals surface area contributed by atoms with Crippen molar-refractivity contribution in [1.29, 1.82) is 0 Å². The number of rotatable bonds is 6. The van der Waals surface area contributed by atoms with Crippen LogP contribution >= 0.6 is 0 Å². The van der Waals surface area contributed by atoms with Crippen molar-refractivity contribution in [1.82, 2.24) is 29.8 Å². The molecule has 2 N–H and O–H groups in total. The van der Waals surface area contributed by atoms with E-state index in [-0.39, 0.29) is 10.5 Å². The molecule has 0 aliphatic carbocycles. The molecular weight excluding hydrogens is 416 g/mol. The van der Waals surface area contributed by atoms with Crippen LogP contribution in [0.2, 0.25) is 0 Å². The van der Waals surface area contributed by atoms with Crippen LogP contribution in [0, 0.1) is 6.92 Å². The van der Waals surface area contributed by atoms with E-state index in [1.54, 1.807) is 25.3 Å². The predicted molar refractivity (Wildman–Crippen MR) is 115 cm³/mol. The lowest BCUT2D eigenvalue weighted by molar-refractivity contribution is 0.0938. The lowest BCUT2D eigenvalue weighted by Gasteiger charge is -2.16. The molecule has 1 atom stereocenters. The SMILES string of the molecule is Cc1ccnc(-c2n[nH]c([C@@H](C)NC(=O)c3cccc(S(=O)(=O)N4CCCC4)c3)n2)c1. The molecule has 0 bridgehead atoms. The molecule has 0 radical (unpaired) electrons. The smallest absolute Gasteiger partial charge is 0.251 e. The van der Waals surface area contributed by atoms with Crippen LogP contribution in [0.5, 0.6) is 0 Å². The van der Waals surface area contributed by atoms with Crippen LogP contribution in [-0.2, 0) is 10.0 Å². The second kappa shape index (κ2) is 8.56. The maximum Gasteiger partial charge on any atom is 0.251 e. The lowest BCUT2D eigenvalue weighted by Crippen LogP contribution is -2.29. The van der Waals surface area contributed by atoms with Crippen LogP contribution in [0.15, 0.2) is 47.5 Å². The zero-order valence-electron chi connectivity index (χ0n) is 17.4. The molecule has 1 fully saturated rings. The summed E-state index contributed by atoms with van der Waals surface area (Å²) in [5, 5.41) is 9.85. The van der Waals surface area contributed by atoms with E-state index in [1.165, 1.54) is 16.4 Å². The summed E-state index contributed by atoms with van der Waals surface area (Å²) in [5.74, 6) is 0.531. The van der Waals surface area contributed by atoms with Gasteiger partial charge in [-0.05, 0) is 62.6 Å². The van der Waals surface area contributed by atoms with E-state index in [9.17, 15) is 13.2 Å². The number of hydrogen-bond acceptors (Lipinski definition) is 6. The van der Waals surface area contributed by atoms with E-state index < -0.39 is 22.0 Å². The molecule has 2 aromatic heterocycles. The summed E-state index contributed by atoms with van der Waals surface area (Å²) < 4.78 is 27.0. The Morgan fingerprint density at radius 3 is 2.71 bits per heavy atom. The molecule has 1 aliphatic heterocycles. The number of H-pyrrole nitrogens is 1. The van der Waals surface area contributed by atoms with Gasteiger partial charge in [-0.25, -0.2) is 13.4 Å². The van der Waals surface area contributed by atoms with Gasteiger partial charge in [-0.2, -0.15) is 9.40 Å². The van der Waals surface area contributed by atoms with Crippen LogP contribution in [0.4, 0.5) is 0 Å². The molecule has 0 spiro atoms. The fraction of sp³-hybridized carbons (Fsp3) is 0.333. The van der Waals surface area contributed by atoms with E-state index in [2.05, 4.69) is 25.5 Å². The van der Waals surface area contributed by atoms with Crippen molar-refractivity contribution < 1.29 is 13.2 Å². The Hall–Kier alpha value is -3.11. The normalized spacial score (nSPS) is 15.7. The number of amides is 1. The molecule has 4 rings (SSSR count). The molecule has 9 nitrogen and oxygen atoms in total. The minimum absolute atomic E-state index is 0.127. The highest BCUT2D eigenvalue weighted by Crippen LogP contribution is 2.22. The van der Waals surface area contributed by atoms with Crippen molar-refractivity contribution >= 4 is 15.9 Å². The van der Waals surface area contributed by atoms with Gasteiger partial charge in [-0.3, -0.25) is 14.9 Å². The Labute approximate surface area is 181 Å². The minimum atomic E-state index is -3.59. The fourth-order valence-electron chi connectivity index (χ4n) is 3.46. The molecule has 3 aromatic rings. The van der Waals surface area contributed by atoms with E-state index in [4.69, 9.17) is 0 Å². The number of aromatic nitrogens is 4. The van der Waals surface area contributed by atoms with Gasteiger partial charge >= 0.3 is 0 Å². The molecule has 1 aliphatic rings. The van der Waals surface area contributed by atoms with E-state index in [0.29, 0.717) is 30.4 Å². The average molecular weight is 441 g/mol. The molecular formula is C21H24N6O3S. The van der Waals surface area contributed by atoms with Gasteiger partial charge in [0.25, 0.3) is 5.91 Å². The summed E-state index contributed by atoms with van der Waals surface area (Å²) in [7, 11) is -3.59. The number of pyridine rings is 1. The Kier molecular flexibility index (Phi) is 5.84. The van der Waals surface area contributed by atoms with Gasteiger partial charge in [0.2, 0.25) is 10.0 Å². The van der Waals surface area contributed by atoms with Gasteiger partial charge in [0, 0.05) is 24.8 Å². The first-order valence-corrected chi connectivity index (χ1v) is 11.5. The summed E-state index contributed by atoms with van der Waals surface area (Å²) in [6, 6.07) is 9.41. The maximum atomic E-state index is 12.8. The standard InChI is InChI=1S/C21H24N6O3S/c1-14-8-9-22-18(12-14)20-24-19(25-26-20)15(2)23-21(28)16-6-5-7-17(13-16)31(29,30)27-10-3-4-11-27/h5-9,12-13,15H,3-4,10-11H2,1-2H3,(H,23,28)(H,24,25,26)/t15-/m1/s1. The summed E-state index contributed by atoms with van der Waals surface area (Å²) in [6.45, 7) is 4.76. The van der Waals surface area contributed by atoms with Crippen molar-refractivity contribution in [3.8, 4) is 11.5 Å². The number of nitrogens with zero attached hydrogens (tertiary/aromatic N) is 4. The van der Waals surface area contributed by atoms with Crippen molar-refractivity contribution in [2.24, 2.45) is 0 Å². The predicted octanol–water partition coefficient (Wildman–Crippen LogP) is 2.45. The first-order chi connectivity index (χ1) is 14.8. The van der Waals surface area contributed by atoms with Crippen molar-refractivity contribution in [3.63, 3.8) is 0 Å². The number of nitrogens with one attached hydrogen (secondary N) is 2. The summed E-state index contributed by atoms with van der Waals surface area (Å²) >= 11 is 0. The van der Waals surface area contributed by atoms with Crippen molar-refractivity contribution in [3.05, 3.63) is 59.5 Å². The molecule has 10 heteroatoms. The summed E-state index contributed by atoms with van der Waals surface area (Å²) in [4.78, 5) is 21.6. The second-order valence-electron chi connectivity index (χ2n) is 7.60. The third-order valence-electron chi connectivity index (χ3n) is 5.20. The lowest BCUT2D eigenvalue weighted by atomic mass is 10.2. The van der Waals surface area contributed by atoms with Crippen molar-refractivity contribution in [2.75, 3.05) is 13.1 Å². The number of sulfonamides is 1. The van der Waals surface area contributed by atoms with E-state index in [0.717, 1.165) is 18.4 Å². The third-order valence-corrected chi connectivity index (χ3v) is 7.10. The topological polar surface area (TPSA) is 121 Å². The van der Waals surface area contributed by atoms with Crippen molar-refractivity contribution in [2.45, 2.75) is 37.6 Å². The number of aryl methyl sites for hydroxylation is 1. The number of carbonyl (C=O) groups is 1. The molecule has 1 amide bonds. The first-order valence-electron chi connectivity index (χ1n) is 10.1. The van der Waals surface area contributed by atoms with Crippen LogP contribution in [0.1, 0.15) is 47.6 Å². The van der Waals surface area contributed by atoms with Crippen LogP contribution < -0.4 is 5.32 Å². The Morgan fingerprint density at radius 2 is 1.97 bits per heavy atom. The van der Waals surface area contributed by atoms with Gasteiger partial charge in [0.05, 0.1) is 10.9 Å². The maximum absolute atomic E-state index is 12.8. The summed E-state index contributed by atoms with van der Waals surface area (Å²) in [5.41, 5.74) is 1.95. The van der Waals surface area contributed by atoms with Gasteiger partial charge in [0.15, 0.2) is 5.82 Å². The number of carbonyl (C=O) groups excluding carboxylic acids is 1. The minimum Gasteiger partial charge on any atom is -0.342 e. The van der Waals surface area contributed by atoms with Crippen LogP contribution in [-0.4, -0.2) is 51.9 Å². The highest BCUT2D eigenvalue weighted by Gasteiger charge is 2.28. The van der Waals surface area contributed by atoms with Gasteiger partial charge in [-0.1, -0.05) is 6.07 Å². The quantitative estimate of drug-likeness (QED) is 0.607. The molecule has 0 unspecified atom stereocenters. The van der Waals surface area contributed by atoms with Crippen LogP contribution in [0.3, 0.4) is 0 Å². The Bertz CT molecular complexity index is 1200. The highest BCUT2D eigenvalue weighted by molar-refractivity contribution is 7.89. The average Bonchev–Trinajstić information content (AvgIpc) is 3.46. The number of aromatic amines is 1. The van der Waals surface area contributed by atoms with Gasteiger partial charge in [-0.15, -0.1) is 0 Å². The van der Waals surface area contributed by atoms with Crippen LogP contribution in [0.25, 0.3) is 11.5 Å². The Balaban J connectivity index is 1.48. The van der Waals surface area contributed by atoms with Gasteiger partial charge < -0.3 is 5.32 Å². The molecule has 1 aromatic carbocycles. The number of hydrogen-bond donors (Lipinski definition) is 2. The monoisotopic (exact) mass is 440 g/mol. The Morgan fingerprint density at radius 1 is 1.19 bits per heavy atom. The largest absolute Gasteiger partial charge is 0.342 e. The molecule has 162 valence electrons. The van der Waals surface area contributed by atoms with E-state index >= 15 is 0 Å². The first kappa shape index (κ1) is 21.1. The number of benzene rings is 1. The zero-order valence-corrected chi connectivity index (χ0v) is 18.2. The zero-order chi connectivity index (χ0) is 22.0. The molecule has 31 heavy (non-hydrogen) atoms. The highest BCUT2D eigenvalue weighted by atomic mass is 32.2. The fourth-order valence-corrected chi connectivity index (χ4v) is 5.03. The third kappa shape index (κ3) is 4.49. The summed E-state index contributed by atoms with van der Waals surface area (Å²) in [6.07, 6.45) is 3.40. The van der Waals surface area contributed by atoms with Gasteiger partial charge in [0.1, 0.15) is 11.5 Å². The molecule has 0 saturated carbocycles. The van der Waals surface area contributed by atoms with E-state index in [1.807, 2.05) is 19.1 Å².